The van der Waals surface area contributed by atoms with Gasteiger partial charge in [-0.3, -0.25) is 4.79 Å². The van der Waals surface area contributed by atoms with Crippen molar-refractivity contribution in [2.24, 2.45) is 5.92 Å². The largest absolute Gasteiger partial charge is 0.396 e. The summed E-state index contributed by atoms with van der Waals surface area (Å²) in [5, 5.41) is 10.2. The molecule has 1 aliphatic heterocycles. The minimum atomic E-state index is -0.0998. The molecule has 2 heterocycles. The average Bonchev–Trinajstić information content (AvgIpc) is 2.75. The van der Waals surface area contributed by atoms with E-state index in [4.69, 9.17) is 5.73 Å². The number of carbonyl (C=O) groups excluding carboxylic acids is 1. The van der Waals surface area contributed by atoms with Crippen LogP contribution in [0.3, 0.4) is 0 Å². The number of rotatable bonds is 3. The van der Waals surface area contributed by atoms with Crippen molar-refractivity contribution >= 4 is 39.6 Å². The third kappa shape index (κ3) is 2.72. The summed E-state index contributed by atoms with van der Waals surface area (Å²) in [4.78, 5) is 14.8. The van der Waals surface area contributed by atoms with Crippen molar-refractivity contribution < 1.29 is 4.79 Å². The topological polar surface area (TPSA) is 70.1 Å². The van der Waals surface area contributed by atoms with Crippen LogP contribution < -0.4 is 10.6 Å². The molecule has 4 nitrogen and oxygen atoms in total. The van der Waals surface area contributed by atoms with Gasteiger partial charge in [-0.2, -0.15) is 17.0 Å². The number of ketones is 1. The van der Waals surface area contributed by atoms with Gasteiger partial charge < -0.3 is 10.6 Å². The molecular weight excluding hydrogens is 278 g/mol. The monoisotopic (exact) mass is 295 g/mol. The molecule has 1 aromatic heterocycles. The van der Waals surface area contributed by atoms with E-state index >= 15 is 0 Å². The van der Waals surface area contributed by atoms with Gasteiger partial charge in [0.1, 0.15) is 16.6 Å². The highest BCUT2D eigenvalue weighted by Gasteiger charge is 2.26. The van der Waals surface area contributed by atoms with Crippen LogP contribution in [0, 0.1) is 17.2 Å². The summed E-state index contributed by atoms with van der Waals surface area (Å²) in [6.45, 7) is 5.53. The summed E-state index contributed by atoms with van der Waals surface area (Å²) in [6, 6.07) is 2.16. The Balaban J connectivity index is 2.41. The molecule has 0 bridgehead atoms. The Morgan fingerprint density at radius 1 is 1.42 bits per heavy atom. The number of nitriles is 1. The van der Waals surface area contributed by atoms with Crippen LogP contribution in [0.2, 0.25) is 0 Å². The third-order valence-electron chi connectivity index (χ3n) is 3.08. The van der Waals surface area contributed by atoms with Crippen LogP contribution in [0.15, 0.2) is 0 Å². The van der Waals surface area contributed by atoms with Crippen LogP contribution in [0.1, 0.15) is 29.1 Å². The van der Waals surface area contributed by atoms with Gasteiger partial charge in [-0.25, -0.2) is 0 Å². The summed E-state index contributed by atoms with van der Waals surface area (Å²) in [7, 11) is 0. The minimum absolute atomic E-state index is 0.0247. The number of hydrogen-bond acceptors (Lipinski definition) is 6. The molecule has 0 saturated carbocycles. The van der Waals surface area contributed by atoms with E-state index in [9.17, 15) is 10.1 Å². The molecule has 102 valence electrons. The fraction of sp³-hybridized carbons (Fsp3) is 0.538. The number of hydrogen-bond donors (Lipinski definition) is 1. The molecule has 2 rings (SSSR count). The zero-order valence-corrected chi connectivity index (χ0v) is 12.7. The first-order chi connectivity index (χ1) is 9.06. The second kappa shape index (κ2) is 5.85. The molecule has 1 aliphatic rings. The molecule has 19 heavy (non-hydrogen) atoms. The van der Waals surface area contributed by atoms with E-state index in [2.05, 4.69) is 11.0 Å². The van der Waals surface area contributed by atoms with E-state index in [-0.39, 0.29) is 11.7 Å². The van der Waals surface area contributed by atoms with Crippen LogP contribution in [-0.4, -0.2) is 30.4 Å². The number of nitrogens with zero attached hydrogens (tertiary/aromatic N) is 2. The Labute approximate surface area is 121 Å². The molecule has 6 heteroatoms. The average molecular weight is 295 g/mol. The lowest BCUT2D eigenvalue weighted by Crippen LogP contribution is -2.32. The molecule has 0 aliphatic carbocycles. The Kier molecular flexibility index (Phi) is 4.38. The number of nitrogen functional groups attached to an aromatic ring is 1. The number of thiophene rings is 1. The van der Waals surface area contributed by atoms with Crippen molar-refractivity contribution in [2.75, 3.05) is 35.2 Å². The molecule has 2 N–H and O–H groups in total. The van der Waals surface area contributed by atoms with Crippen molar-refractivity contribution in [2.45, 2.75) is 13.8 Å². The third-order valence-corrected chi connectivity index (χ3v) is 5.31. The quantitative estimate of drug-likeness (QED) is 0.868. The van der Waals surface area contributed by atoms with E-state index in [0.29, 0.717) is 16.1 Å². The Morgan fingerprint density at radius 2 is 2.05 bits per heavy atom. The number of anilines is 2. The van der Waals surface area contributed by atoms with Gasteiger partial charge in [0, 0.05) is 30.5 Å². The molecule has 0 unspecified atom stereocenters. The van der Waals surface area contributed by atoms with Crippen molar-refractivity contribution in [3.05, 3.63) is 10.4 Å². The maximum Gasteiger partial charge on any atom is 0.177 e. The highest BCUT2D eigenvalue weighted by atomic mass is 32.2. The van der Waals surface area contributed by atoms with E-state index < -0.39 is 0 Å². The highest BCUT2D eigenvalue weighted by molar-refractivity contribution is 7.99. The summed E-state index contributed by atoms with van der Waals surface area (Å²) >= 11 is 3.28. The molecule has 0 atom stereocenters. The van der Waals surface area contributed by atoms with Crippen molar-refractivity contribution in [3.63, 3.8) is 0 Å². The van der Waals surface area contributed by atoms with Crippen LogP contribution in [-0.2, 0) is 0 Å². The van der Waals surface area contributed by atoms with Gasteiger partial charge in [0.2, 0.25) is 0 Å². The molecule has 1 saturated heterocycles. The number of Topliss-reactive ketones (excluding diaryl/α,β-unsaturated/α-hetero) is 1. The van der Waals surface area contributed by atoms with Gasteiger partial charge in [-0.05, 0) is 0 Å². The molecule has 0 aromatic carbocycles. The first kappa shape index (κ1) is 14.2. The van der Waals surface area contributed by atoms with Gasteiger partial charge in [0.05, 0.1) is 10.6 Å². The zero-order valence-electron chi connectivity index (χ0n) is 11.1. The molecule has 1 aromatic rings. The number of nitrogens with two attached hydrogens (primary N) is 1. The second-order valence-electron chi connectivity index (χ2n) is 4.76. The standard InChI is InChI=1S/C13H17N3OS2/c1-8(2)11(17)12-10(15)9(7-14)13(19-12)16-3-5-18-6-4-16/h8H,3-6,15H2,1-2H3. The zero-order chi connectivity index (χ0) is 14.0. The Hall–Kier alpha value is -1.19. The first-order valence-corrected chi connectivity index (χ1v) is 8.22. The SMILES string of the molecule is CC(C)C(=O)c1sc(N2CCSCC2)c(C#N)c1N. The molecule has 0 spiro atoms. The number of carbonyl (C=O) groups is 1. The Bertz CT molecular complexity index is 525. The summed E-state index contributed by atoms with van der Waals surface area (Å²) in [5.74, 6) is 2.03. The van der Waals surface area contributed by atoms with Crippen LogP contribution in [0.25, 0.3) is 0 Å². The van der Waals surface area contributed by atoms with Gasteiger partial charge in [0.15, 0.2) is 5.78 Å². The predicted molar refractivity (Wildman–Crippen MR) is 82.2 cm³/mol. The molecule has 0 radical (unpaired) electrons. The van der Waals surface area contributed by atoms with Gasteiger partial charge in [0.25, 0.3) is 0 Å². The first-order valence-electron chi connectivity index (χ1n) is 6.25. The fourth-order valence-corrected chi connectivity index (χ4v) is 4.19. The Morgan fingerprint density at radius 3 is 2.58 bits per heavy atom. The van der Waals surface area contributed by atoms with Gasteiger partial charge >= 0.3 is 0 Å². The predicted octanol–water partition coefficient (Wildman–Crippen LogP) is 2.59. The normalized spacial score (nSPS) is 15.6. The summed E-state index contributed by atoms with van der Waals surface area (Å²) < 4.78 is 0. The lowest BCUT2D eigenvalue weighted by molar-refractivity contribution is 0.0944. The lowest BCUT2D eigenvalue weighted by Gasteiger charge is -2.27. The fourth-order valence-electron chi connectivity index (χ4n) is 1.97. The molecular formula is C13H17N3OS2. The van der Waals surface area contributed by atoms with Crippen LogP contribution >= 0.6 is 23.1 Å². The van der Waals surface area contributed by atoms with Crippen molar-refractivity contribution in [1.29, 1.82) is 5.26 Å². The van der Waals surface area contributed by atoms with E-state index in [1.165, 1.54) is 11.3 Å². The smallest absolute Gasteiger partial charge is 0.177 e. The minimum Gasteiger partial charge on any atom is -0.396 e. The van der Waals surface area contributed by atoms with Gasteiger partial charge in [-0.1, -0.05) is 13.8 Å². The second-order valence-corrected chi connectivity index (χ2v) is 6.98. The maximum atomic E-state index is 12.1. The lowest BCUT2D eigenvalue weighted by atomic mass is 10.1. The van der Waals surface area contributed by atoms with E-state index in [1.54, 1.807) is 0 Å². The van der Waals surface area contributed by atoms with E-state index in [0.717, 1.165) is 29.6 Å². The van der Waals surface area contributed by atoms with Crippen LogP contribution in [0.4, 0.5) is 10.7 Å². The van der Waals surface area contributed by atoms with Crippen molar-refractivity contribution in [1.82, 2.24) is 0 Å². The molecule has 1 fully saturated rings. The molecule has 0 amide bonds. The number of thioether (sulfide) groups is 1. The summed E-state index contributed by atoms with van der Waals surface area (Å²) in [5.41, 5.74) is 6.83. The maximum absolute atomic E-state index is 12.1. The van der Waals surface area contributed by atoms with Gasteiger partial charge in [-0.15, -0.1) is 11.3 Å². The van der Waals surface area contributed by atoms with Crippen LogP contribution in [0.5, 0.6) is 0 Å². The van der Waals surface area contributed by atoms with E-state index in [1.807, 2.05) is 25.6 Å². The highest BCUT2D eigenvalue weighted by Crippen LogP contribution is 2.39. The van der Waals surface area contributed by atoms with Crippen molar-refractivity contribution in [3.8, 4) is 6.07 Å². The summed E-state index contributed by atoms with van der Waals surface area (Å²) in [6.07, 6.45) is 0.